The normalized spacial score (nSPS) is 12.6. The molecule has 1 aromatic carbocycles. The van der Waals surface area contributed by atoms with E-state index in [-0.39, 0.29) is 6.61 Å². The molecular weight excluding hydrogens is 196 g/mol. The zero-order valence-corrected chi connectivity index (χ0v) is 8.79. The van der Waals surface area contributed by atoms with E-state index >= 15 is 0 Å². The van der Waals surface area contributed by atoms with Crippen LogP contribution in [0.3, 0.4) is 0 Å². The van der Waals surface area contributed by atoms with Crippen LogP contribution in [0, 0.1) is 0 Å². The summed E-state index contributed by atoms with van der Waals surface area (Å²) >= 11 is 1.65. The van der Waals surface area contributed by atoms with E-state index in [1.165, 1.54) is 4.70 Å². The van der Waals surface area contributed by atoms with Crippen LogP contribution in [0.25, 0.3) is 10.2 Å². The predicted molar refractivity (Wildman–Crippen MR) is 58.4 cm³/mol. The van der Waals surface area contributed by atoms with Gasteiger partial charge in [0.15, 0.2) is 4.80 Å². The molecule has 74 valence electrons. The maximum atomic E-state index is 8.96. The summed E-state index contributed by atoms with van der Waals surface area (Å²) in [4.78, 5) is 5.16. The standard InChI is InChI=1S/C10H12N2OS/c1-11-10-12(6-7-13)8-4-2-3-5-9(8)14-10/h2-5,13H,6-7H2,1H3. The third kappa shape index (κ3) is 1.47. The molecule has 0 unspecified atom stereocenters. The van der Waals surface area contributed by atoms with Gasteiger partial charge in [0.25, 0.3) is 0 Å². The van der Waals surface area contributed by atoms with Gasteiger partial charge >= 0.3 is 0 Å². The largest absolute Gasteiger partial charge is 0.395 e. The van der Waals surface area contributed by atoms with Gasteiger partial charge in [-0.1, -0.05) is 23.5 Å². The van der Waals surface area contributed by atoms with Crippen LogP contribution >= 0.6 is 11.3 Å². The van der Waals surface area contributed by atoms with Gasteiger partial charge in [-0.25, -0.2) is 0 Å². The summed E-state index contributed by atoms with van der Waals surface area (Å²) < 4.78 is 3.25. The van der Waals surface area contributed by atoms with Crippen LogP contribution in [0.1, 0.15) is 0 Å². The van der Waals surface area contributed by atoms with Crippen molar-refractivity contribution in [1.29, 1.82) is 0 Å². The molecule has 0 aliphatic carbocycles. The van der Waals surface area contributed by atoms with Crippen LogP contribution < -0.4 is 4.80 Å². The van der Waals surface area contributed by atoms with Gasteiger partial charge in [0.1, 0.15) is 0 Å². The van der Waals surface area contributed by atoms with Crippen molar-refractivity contribution in [2.45, 2.75) is 6.54 Å². The molecule has 0 fully saturated rings. The van der Waals surface area contributed by atoms with Gasteiger partial charge < -0.3 is 9.67 Å². The molecule has 2 aromatic rings. The van der Waals surface area contributed by atoms with Gasteiger partial charge in [-0.05, 0) is 12.1 Å². The quantitative estimate of drug-likeness (QED) is 0.791. The second-order valence-electron chi connectivity index (χ2n) is 2.95. The van der Waals surface area contributed by atoms with Crippen molar-refractivity contribution in [2.75, 3.05) is 13.7 Å². The fourth-order valence-electron chi connectivity index (χ4n) is 1.51. The van der Waals surface area contributed by atoms with E-state index in [1.54, 1.807) is 18.4 Å². The van der Waals surface area contributed by atoms with E-state index in [4.69, 9.17) is 5.11 Å². The molecule has 0 saturated heterocycles. The molecular formula is C10H12N2OS. The number of benzene rings is 1. The Kier molecular flexibility index (Phi) is 2.65. The molecule has 4 heteroatoms. The Morgan fingerprint density at radius 1 is 1.43 bits per heavy atom. The number of fused-ring (bicyclic) bond motifs is 1. The molecule has 0 atom stereocenters. The number of hydrogen-bond donors (Lipinski definition) is 1. The van der Waals surface area contributed by atoms with Crippen LogP contribution in [-0.4, -0.2) is 23.3 Å². The lowest BCUT2D eigenvalue weighted by Gasteiger charge is -2.00. The lowest BCUT2D eigenvalue weighted by Crippen LogP contribution is -2.16. The van der Waals surface area contributed by atoms with Crippen LogP contribution in [0.4, 0.5) is 0 Å². The monoisotopic (exact) mass is 208 g/mol. The second-order valence-corrected chi connectivity index (χ2v) is 3.96. The molecule has 0 radical (unpaired) electrons. The lowest BCUT2D eigenvalue weighted by atomic mass is 10.3. The number of thiazole rings is 1. The molecule has 0 aliphatic rings. The molecule has 0 spiro atoms. The van der Waals surface area contributed by atoms with Crippen molar-refractivity contribution in [3.8, 4) is 0 Å². The van der Waals surface area contributed by atoms with Gasteiger partial charge in [-0.15, -0.1) is 0 Å². The Morgan fingerprint density at radius 2 is 2.21 bits per heavy atom. The first-order valence-corrected chi connectivity index (χ1v) is 5.30. The SMILES string of the molecule is CN=c1sc2ccccc2n1CCO. The Bertz CT molecular complexity index is 498. The number of hydrogen-bond acceptors (Lipinski definition) is 3. The van der Waals surface area contributed by atoms with E-state index in [0.29, 0.717) is 6.54 Å². The van der Waals surface area contributed by atoms with Crippen molar-refractivity contribution in [3.05, 3.63) is 29.1 Å². The third-order valence-corrected chi connectivity index (χ3v) is 3.25. The van der Waals surface area contributed by atoms with E-state index in [2.05, 4.69) is 17.1 Å². The Morgan fingerprint density at radius 3 is 2.93 bits per heavy atom. The Balaban J connectivity index is 2.75. The highest BCUT2D eigenvalue weighted by Crippen LogP contribution is 2.16. The van der Waals surface area contributed by atoms with Crippen molar-refractivity contribution in [2.24, 2.45) is 4.99 Å². The maximum Gasteiger partial charge on any atom is 0.185 e. The van der Waals surface area contributed by atoms with E-state index in [9.17, 15) is 0 Å². The first kappa shape index (κ1) is 9.43. The van der Waals surface area contributed by atoms with Crippen molar-refractivity contribution in [1.82, 2.24) is 4.57 Å². The predicted octanol–water partition coefficient (Wildman–Crippen LogP) is 1.23. The molecule has 14 heavy (non-hydrogen) atoms. The van der Waals surface area contributed by atoms with E-state index < -0.39 is 0 Å². The second kappa shape index (κ2) is 3.94. The first-order chi connectivity index (χ1) is 6.86. The number of nitrogens with zero attached hydrogens (tertiary/aromatic N) is 2. The van der Waals surface area contributed by atoms with Crippen LogP contribution in [0.15, 0.2) is 29.3 Å². The van der Waals surface area contributed by atoms with Crippen molar-refractivity contribution < 1.29 is 5.11 Å². The third-order valence-electron chi connectivity index (χ3n) is 2.10. The molecule has 3 nitrogen and oxygen atoms in total. The lowest BCUT2D eigenvalue weighted by molar-refractivity contribution is 0.276. The highest BCUT2D eigenvalue weighted by atomic mass is 32.1. The number of aliphatic hydroxyl groups is 1. The van der Waals surface area contributed by atoms with Gasteiger partial charge in [-0.2, -0.15) is 0 Å². The minimum Gasteiger partial charge on any atom is -0.395 e. The summed E-state index contributed by atoms with van der Waals surface area (Å²) in [5.74, 6) is 0. The summed E-state index contributed by atoms with van der Waals surface area (Å²) in [5, 5.41) is 8.96. The zero-order valence-electron chi connectivity index (χ0n) is 7.97. The minimum atomic E-state index is 0.147. The fraction of sp³-hybridized carbons (Fsp3) is 0.300. The Hall–Kier alpha value is -1.13. The van der Waals surface area contributed by atoms with Gasteiger partial charge in [0.2, 0.25) is 0 Å². The number of rotatable bonds is 2. The summed E-state index contributed by atoms with van der Waals surface area (Å²) in [7, 11) is 1.78. The topological polar surface area (TPSA) is 37.5 Å². The van der Waals surface area contributed by atoms with Gasteiger partial charge in [0, 0.05) is 13.6 Å². The number of para-hydroxylation sites is 1. The molecule has 1 aromatic heterocycles. The highest BCUT2D eigenvalue weighted by molar-refractivity contribution is 7.16. The molecule has 0 saturated carbocycles. The van der Waals surface area contributed by atoms with Crippen LogP contribution in [0.5, 0.6) is 0 Å². The molecule has 1 heterocycles. The van der Waals surface area contributed by atoms with Crippen LogP contribution in [0.2, 0.25) is 0 Å². The molecule has 0 amide bonds. The maximum absolute atomic E-state index is 8.96. The first-order valence-electron chi connectivity index (χ1n) is 4.49. The summed E-state index contributed by atoms with van der Waals surface area (Å²) in [6.07, 6.45) is 0. The Labute approximate surface area is 86.0 Å². The van der Waals surface area contributed by atoms with E-state index in [1.807, 2.05) is 16.7 Å². The van der Waals surface area contributed by atoms with Crippen molar-refractivity contribution >= 4 is 21.6 Å². The van der Waals surface area contributed by atoms with E-state index in [0.717, 1.165) is 10.3 Å². The van der Waals surface area contributed by atoms with Gasteiger partial charge in [0.05, 0.1) is 16.8 Å². The van der Waals surface area contributed by atoms with Gasteiger partial charge in [-0.3, -0.25) is 4.99 Å². The fourth-order valence-corrected chi connectivity index (χ4v) is 2.52. The molecule has 2 rings (SSSR count). The molecule has 1 N–H and O–H groups in total. The average molecular weight is 208 g/mol. The highest BCUT2D eigenvalue weighted by Gasteiger charge is 2.03. The minimum absolute atomic E-state index is 0.147. The molecule has 0 aliphatic heterocycles. The zero-order chi connectivity index (χ0) is 9.97. The summed E-state index contributed by atoms with van der Waals surface area (Å²) in [6, 6.07) is 8.14. The van der Waals surface area contributed by atoms with Crippen LogP contribution in [-0.2, 0) is 6.54 Å². The molecule has 0 bridgehead atoms. The smallest absolute Gasteiger partial charge is 0.185 e. The average Bonchev–Trinajstić information content (AvgIpc) is 2.58. The number of aromatic nitrogens is 1. The number of aliphatic hydroxyl groups excluding tert-OH is 1. The summed E-state index contributed by atoms with van der Waals surface area (Å²) in [6.45, 7) is 0.755. The van der Waals surface area contributed by atoms with Crippen molar-refractivity contribution in [3.63, 3.8) is 0 Å². The summed E-state index contributed by atoms with van der Waals surface area (Å²) in [5.41, 5.74) is 1.15.